The molecule has 5 heteroatoms. The molecule has 0 unspecified atom stereocenters. The molecule has 0 aliphatic carbocycles. The minimum atomic E-state index is -0.243. The molecule has 0 bridgehead atoms. The number of aryl methyl sites for hydroxylation is 1. The number of aromatic nitrogens is 1. The van der Waals surface area contributed by atoms with Crippen molar-refractivity contribution in [2.45, 2.75) is 13.8 Å². The van der Waals surface area contributed by atoms with E-state index in [4.69, 9.17) is 10.3 Å². The Kier molecular flexibility index (Phi) is 4.18. The molecular weight excluding hydrogens is 254 g/mol. The summed E-state index contributed by atoms with van der Waals surface area (Å²) in [6.07, 6.45) is 0. The maximum absolute atomic E-state index is 12.2. The molecule has 0 spiro atoms. The SMILES string of the molecule is Cc1cc(NC(=O)c2cccc(C#CCN)c2C)no1. The fraction of sp³-hybridized carbons (Fsp3) is 0.200. The number of anilines is 1. The zero-order valence-corrected chi connectivity index (χ0v) is 11.4. The fourth-order valence-corrected chi connectivity index (χ4v) is 1.77. The molecule has 0 fully saturated rings. The van der Waals surface area contributed by atoms with Gasteiger partial charge in [0.2, 0.25) is 0 Å². The maximum atomic E-state index is 12.2. The van der Waals surface area contributed by atoms with E-state index in [9.17, 15) is 4.79 Å². The van der Waals surface area contributed by atoms with Crippen molar-refractivity contribution in [3.8, 4) is 11.8 Å². The summed E-state index contributed by atoms with van der Waals surface area (Å²) in [5, 5.41) is 6.42. The van der Waals surface area contributed by atoms with Crippen molar-refractivity contribution >= 4 is 11.7 Å². The van der Waals surface area contributed by atoms with Gasteiger partial charge < -0.3 is 15.6 Å². The van der Waals surface area contributed by atoms with Crippen LogP contribution in [0.25, 0.3) is 0 Å². The summed E-state index contributed by atoms with van der Waals surface area (Å²) in [5.41, 5.74) is 7.51. The number of benzene rings is 1. The highest BCUT2D eigenvalue weighted by atomic mass is 16.5. The Labute approximate surface area is 117 Å². The Hall–Kier alpha value is -2.58. The lowest BCUT2D eigenvalue weighted by molar-refractivity contribution is 0.102. The molecule has 1 aromatic heterocycles. The van der Waals surface area contributed by atoms with Crippen LogP contribution in [0.15, 0.2) is 28.8 Å². The van der Waals surface area contributed by atoms with E-state index in [1.807, 2.05) is 13.0 Å². The van der Waals surface area contributed by atoms with Gasteiger partial charge in [0, 0.05) is 17.2 Å². The second-order valence-corrected chi connectivity index (χ2v) is 4.26. The Morgan fingerprint density at radius 1 is 1.45 bits per heavy atom. The van der Waals surface area contributed by atoms with E-state index in [2.05, 4.69) is 22.3 Å². The van der Waals surface area contributed by atoms with Crippen LogP contribution in [0.5, 0.6) is 0 Å². The highest BCUT2D eigenvalue weighted by molar-refractivity contribution is 6.05. The van der Waals surface area contributed by atoms with Crippen LogP contribution < -0.4 is 11.1 Å². The van der Waals surface area contributed by atoms with Gasteiger partial charge in [-0.15, -0.1) is 0 Å². The Balaban J connectivity index is 2.26. The number of nitrogens with two attached hydrogens (primary N) is 1. The van der Waals surface area contributed by atoms with Crippen molar-refractivity contribution in [1.29, 1.82) is 0 Å². The van der Waals surface area contributed by atoms with Crippen molar-refractivity contribution in [2.24, 2.45) is 5.73 Å². The summed E-state index contributed by atoms with van der Waals surface area (Å²) >= 11 is 0. The van der Waals surface area contributed by atoms with Crippen LogP contribution >= 0.6 is 0 Å². The minimum Gasteiger partial charge on any atom is -0.360 e. The zero-order valence-electron chi connectivity index (χ0n) is 11.4. The Morgan fingerprint density at radius 2 is 2.25 bits per heavy atom. The van der Waals surface area contributed by atoms with Crippen LogP contribution in [0, 0.1) is 25.7 Å². The van der Waals surface area contributed by atoms with Crippen LogP contribution in [0.4, 0.5) is 5.82 Å². The molecule has 0 saturated carbocycles. The molecule has 0 aliphatic heterocycles. The summed E-state index contributed by atoms with van der Waals surface area (Å²) in [5.74, 6) is 6.52. The van der Waals surface area contributed by atoms with Gasteiger partial charge in [-0.05, 0) is 31.5 Å². The summed E-state index contributed by atoms with van der Waals surface area (Å²) < 4.78 is 4.91. The van der Waals surface area contributed by atoms with Crippen molar-refractivity contribution in [1.82, 2.24) is 5.16 Å². The molecule has 102 valence electrons. The van der Waals surface area contributed by atoms with Crippen molar-refractivity contribution in [2.75, 3.05) is 11.9 Å². The van der Waals surface area contributed by atoms with Gasteiger partial charge >= 0.3 is 0 Å². The van der Waals surface area contributed by atoms with E-state index < -0.39 is 0 Å². The van der Waals surface area contributed by atoms with Crippen LogP contribution in [-0.4, -0.2) is 17.6 Å². The first-order chi connectivity index (χ1) is 9.61. The van der Waals surface area contributed by atoms with Gasteiger partial charge in [-0.25, -0.2) is 0 Å². The average Bonchev–Trinajstić information content (AvgIpc) is 2.83. The summed E-state index contributed by atoms with van der Waals surface area (Å²) in [6.45, 7) is 3.90. The predicted molar refractivity (Wildman–Crippen MR) is 76.3 cm³/mol. The quantitative estimate of drug-likeness (QED) is 0.815. The molecule has 1 heterocycles. The smallest absolute Gasteiger partial charge is 0.257 e. The van der Waals surface area contributed by atoms with Gasteiger partial charge in [0.25, 0.3) is 5.91 Å². The first-order valence-electron chi connectivity index (χ1n) is 6.15. The second kappa shape index (κ2) is 6.04. The van der Waals surface area contributed by atoms with E-state index in [0.29, 0.717) is 17.1 Å². The van der Waals surface area contributed by atoms with E-state index in [1.54, 1.807) is 25.1 Å². The van der Waals surface area contributed by atoms with Crippen molar-refractivity contribution in [3.05, 3.63) is 46.7 Å². The molecule has 5 nitrogen and oxygen atoms in total. The minimum absolute atomic E-state index is 0.243. The molecule has 1 amide bonds. The van der Waals surface area contributed by atoms with Crippen molar-refractivity contribution < 1.29 is 9.32 Å². The van der Waals surface area contributed by atoms with Gasteiger partial charge in [-0.1, -0.05) is 23.1 Å². The predicted octanol–water partition coefficient (Wildman–Crippen LogP) is 1.85. The number of nitrogens with one attached hydrogen (secondary N) is 1. The number of nitrogens with zero attached hydrogens (tertiary/aromatic N) is 1. The average molecular weight is 269 g/mol. The number of carbonyl (C=O) groups excluding carboxylic acids is 1. The standard InChI is InChI=1S/C15H15N3O2/c1-10-9-14(18-20-10)17-15(19)13-7-3-5-12(11(13)2)6-4-8-16/h3,5,7,9H,8,16H2,1-2H3,(H,17,18,19). The molecule has 20 heavy (non-hydrogen) atoms. The second-order valence-electron chi connectivity index (χ2n) is 4.26. The highest BCUT2D eigenvalue weighted by Crippen LogP contribution is 2.15. The van der Waals surface area contributed by atoms with E-state index in [0.717, 1.165) is 11.1 Å². The monoisotopic (exact) mass is 269 g/mol. The first-order valence-corrected chi connectivity index (χ1v) is 6.15. The lowest BCUT2D eigenvalue weighted by atomic mass is 10.0. The van der Waals surface area contributed by atoms with Gasteiger partial charge in [-0.3, -0.25) is 4.79 Å². The lowest BCUT2D eigenvalue weighted by Crippen LogP contribution is -2.14. The third kappa shape index (κ3) is 3.05. The summed E-state index contributed by atoms with van der Waals surface area (Å²) in [4.78, 5) is 12.2. The third-order valence-electron chi connectivity index (χ3n) is 2.77. The number of hydrogen-bond donors (Lipinski definition) is 2. The molecule has 0 atom stereocenters. The molecule has 3 N–H and O–H groups in total. The number of rotatable bonds is 2. The largest absolute Gasteiger partial charge is 0.360 e. The lowest BCUT2D eigenvalue weighted by Gasteiger charge is -2.06. The molecule has 1 aromatic carbocycles. The highest BCUT2D eigenvalue weighted by Gasteiger charge is 2.12. The molecule has 0 saturated heterocycles. The van der Waals surface area contributed by atoms with Gasteiger partial charge in [0.05, 0.1) is 6.54 Å². The molecule has 2 rings (SSSR count). The summed E-state index contributed by atoms with van der Waals surface area (Å²) in [6, 6.07) is 7.04. The van der Waals surface area contributed by atoms with E-state index >= 15 is 0 Å². The molecule has 0 aliphatic rings. The third-order valence-corrected chi connectivity index (χ3v) is 2.77. The Bertz CT molecular complexity index is 693. The van der Waals surface area contributed by atoms with Gasteiger partial charge in [0.15, 0.2) is 5.82 Å². The van der Waals surface area contributed by atoms with Crippen LogP contribution in [0.1, 0.15) is 27.2 Å². The topological polar surface area (TPSA) is 81.2 Å². The number of carbonyl (C=O) groups is 1. The van der Waals surface area contributed by atoms with Crippen LogP contribution in [0.2, 0.25) is 0 Å². The number of amides is 1. The number of hydrogen-bond acceptors (Lipinski definition) is 4. The molecule has 2 aromatic rings. The van der Waals surface area contributed by atoms with E-state index in [-0.39, 0.29) is 12.5 Å². The van der Waals surface area contributed by atoms with Gasteiger partial charge in [-0.2, -0.15) is 0 Å². The normalized spacial score (nSPS) is 9.75. The van der Waals surface area contributed by atoms with Crippen LogP contribution in [0.3, 0.4) is 0 Å². The summed E-state index contributed by atoms with van der Waals surface area (Å²) in [7, 11) is 0. The fourth-order valence-electron chi connectivity index (χ4n) is 1.77. The maximum Gasteiger partial charge on any atom is 0.257 e. The van der Waals surface area contributed by atoms with E-state index in [1.165, 1.54) is 0 Å². The molecular formula is C15H15N3O2. The first kappa shape index (κ1) is 13.8. The van der Waals surface area contributed by atoms with Crippen LogP contribution in [-0.2, 0) is 0 Å². The van der Waals surface area contributed by atoms with Gasteiger partial charge in [0.1, 0.15) is 5.76 Å². The molecule has 0 radical (unpaired) electrons. The van der Waals surface area contributed by atoms with Crippen molar-refractivity contribution in [3.63, 3.8) is 0 Å². The Morgan fingerprint density at radius 3 is 2.90 bits per heavy atom. The zero-order chi connectivity index (χ0) is 14.5.